The summed E-state index contributed by atoms with van der Waals surface area (Å²) in [5.41, 5.74) is 3.56. The molecule has 0 saturated carbocycles. The molecule has 0 fully saturated rings. The highest BCUT2D eigenvalue weighted by Gasteiger charge is 2.38. The van der Waals surface area contributed by atoms with Gasteiger partial charge in [-0.2, -0.15) is 5.10 Å². The van der Waals surface area contributed by atoms with Gasteiger partial charge in [-0.3, -0.25) is 4.79 Å². The molecule has 29 heavy (non-hydrogen) atoms. The molecule has 4 rings (SSSR count). The van der Waals surface area contributed by atoms with Crippen molar-refractivity contribution < 1.29 is 24.5 Å². The van der Waals surface area contributed by atoms with Crippen molar-refractivity contribution in [2.75, 3.05) is 0 Å². The van der Waals surface area contributed by atoms with Crippen molar-refractivity contribution >= 4 is 12.1 Å². The first kappa shape index (κ1) is 18.4. The van der Waals surface area contributed by atoms with Gasteiger partial charge in [0.1, 0.15) is 11.5 Å². The number of aromatic hydroxyl groups is 2. The highest BCUT2D eigenvalue weighted by molar-refractivity contribution is 5.87. The van der Waals surface area contributed by atoms with Crippen LogP contribution in [0.3, 0.4) is 0 Å². The Bertz CT molecular complexity index is 1050. The lowest BCUT2D eigenvalue weighted by Crippen LogP contribution is -2.44. The van der Waals surface area contributed by atoms with E-state index in [0.717, 1.165) is 5.56 Å². The number of para-hydroxylation sites is 2. The number of rotatable bonds is 4. The molecule has 0 radical (unpaired) electrons. The van der Waals surface area contributed by atoms with Gasteiger partial charge in [0, 0.05) is 11.6 Å². The fourth-order valence-corrected chi connectivity index (χ4v) is 2.99. The Morgan fingerprint density at radius 3 is 2.34 bits per heavy atom. The number of nitrogens with zero attached hydrogens (tertiary/aromatic N) is 1. The van der Waals surface area contributed by atoms with Crippen LogP contribution in [0.1, 0.15) is 17.2 Å². The van der Waals surface area contributed by atoms with Crippen LogP contribution in [-0.4, -0.2) is 28.4 Å². The summed E-state index contributed by atoms with van der Waals surface area (Å²) < 4.78 is 12.0. The van der Waals surface area contributed by atoms with Crippen LogP contribution in [0.2, 0.25) is 0 Å². The van der Waals surface area contributed by atoms with Crippen LogP contribution in [0.5, 0.6) is 23.0 Å². The van der Waals surface area contributed by atoms with E-state index in [1.54, 1.807) is 18.2 Å². The third-order valence-corrected chi connectivity index (χ3v) is 4.41. The molecule has 3 aromatic carbocycles. The summed E-state index contributed by atoms with van der Waals surface area (Å²) in [5.74, 6) is 0.308. The first-order valence-corrected chi connectivity index (χ1v) is 8.94. The molecule has 0 unspecified atom stereocenters. The van der Waals surface area contributed by atoms with Gasteiger partial charge in [-0.1, -0.05) is 42.5 Å². The second-order valence-electron chi connectivity index (χ2n) is 6.41. The summed E-state index contributed by atoms with van der Waals surface area (Å²) >= 11 is 0. The van der Waals surface area contributed by atoms with Crippen LogP contribution in [0.25, 0.3) is 0 Å². The number of hydrogen-bond acceptors (Lipinski definition) is 6. The number of carbonyl (C=O) groups excluding carboxylic acids is 1. The van der Waals surface area contributed by atoms with Gasteiger partial charge in [0.05, 0.1) is 6.21 Å². The molecule has 0 spiro atoms. The van der Waals surface area contributed by atoms with E-state index in [1.807, 2.05) is 36.4 Å². The Labute approximate surface area is 166 Å². The van der Waals surface area contributed by atoms with Crippen molar-refractivity contribution in [3.8, 4) is 23.0 Å². The van der Waals surface area contributed by atoms with E-state index in [4.69, 9.17) is 9.47 Å². The molecule has 0 aromatic heterocycles. The standard InChI is InChI=1S/C22H18N2O5/c25-16-11-10-15(17(26)12-16)13-23-24-22(27)21-20(14-6-2-1-3-7-14)28-18-8-4-5-9-19(18)29-21/h1-13,20-21,25-26H,(H,24,27)/b23-13-/t20-,21+/m0/s1. The molecule has 7 heteroatoms. The van der Waals surface area contributed by atoms with Gasteiger partial charge in [0.25, 0.3) is 5.91 Å². The SMILES string of the molecule is O=C(N/N=C\c1ccc(O)cc1O)[C@@H]1Oc2ccccc2O[C@H]1c1ccccc1. The minimum Gasteiger partial charge on any atom is -0.508 e. The molecule has 0 bridgehead atoms. The van der Waals surface area contributed by atoms with E-state index in [9.17, 15) is 15.0 Å². The number of carbonyl (C=O) groups is 1. The summed E-state index contributed by atoms with van der Waals surface area (Å²) in [6.07, 6.45) is -0.330. The van der Waals surface area contributed by atoms with Crippen molar-refractivity contribution in [2.45, 2.75) is 12.2 Å². The monoisotopic (exact) mass is 390 g/mol. The second-order valence-corrected chi connectivity index (χ2v) is 6.41. The Morgan fingerprint density at radius 1 is 0.931 bits per heavy atom. The maximum absolute atomic E-state index is 12.8. The third kappa shape index (κ3) is 3.98. The molecule has 146 valence electrons. The maximum atomic E-state index is 12.8. The normalized spacial score (nSPS) is 17.8. The number of hydrogen-bond donors (Lipinski definition) is 3. The van der Waals surface area contributed by atoms with E-state index >= 15 is 0 Å². The Balaban J connectivity index is 1.55. The quantitative estimate of drug-likeness (QED) is 0.469. The number of amides is 1. The predicted molar refractivity (Wildman–Crippen MR) is 106 cm³/mol. The Morgan fingerprint density at radius 2 is 1.62 bits per heavy atom. The molecule has 2 atom stereocenters. The summed E-state index contributed by atoms with van der Waals surface area (Å²) in [7, 11) is 0. The first-order chi connectivity index (χ1) is 14.1. The number of hydrazone groups is 1. The zero-order valence-electron chi connectivity index (χ0n) is 15.2. The van der Waals surface area contributed by atoms with Gasteiger partial charge >= 0.3 is 0 Å². The Hall–Kier alpha value is -4.00. The number of phenolic OH excluding ortho intramolecular Hbond substituents is 2. The highest BCUT2D eigenvalue weighted by Crippen LogP contribution is 2.39. The molecule has 1 heterocycles. The molecule has 7 nitrogen and oxygen atoms in total. The average Bonchev–Trinajstić information content (AvgIpc) is 2.75. The zero-order chi connectivity index (χ0) is 20.2. The summed E-state index contributed by atoms with van der Waals surface area (Å²) in [5, 5.41) is 23.0. The van der Waals surface area contributed by atoms with Crippen molar-refractivity contribution in [2.24, 2.45) is 5.10 Å². The summed E-state index contributed by atoms with van der Waals surface area (Å²) in [4.78, 5) is 12.8. The first-order valence-electron chi connectivity index (χ1n) is 8.94. The van der Waals surface area contributed by atoms with Crippen LogP contribution < -0.4 is 14.9 Å². The third-order valence-electron chi connectivity index (χ3n) is 4.41. The zero-order valence-corrected chi connectivity index (χ0v) is 15.2. The molecular weight excluding hydrogens is 372 g/mol. The molecule has 1 amide bonds. The molecule has 3 N–H and O–H groups in total. The number of fused-ring (bicyclic) bond motifs is 1. The molecule has 0 saturated heterocycles. The van der Waals surface area contributed by atoms with Gasteiger partial charge in [-0.05, 0) is 29.8 Å². The molecule has 3 aromatic rings. The van der Waals surface area contributed by atoms with Crippen molar-refractivity contribution in [1.29, 1.82) is 0 Å². The van der Waals surface area contributed by atoms with Crippen molar-refractivity contribution in [3.05, 3.63) is 83.9 Å². The highest BCUT2D eigenvalue weighted by atomic mass is 16.6. The minimum absolute atomic E-state index is 0.0687. The van der Waals surface area contributed by atoms with E-state index in [1.165, 1.54) is 24.4 Å². The fraction of sp³-hybridized carbons (Fsp3) is 0.0909. The van der Waals surface area contributed by atoms with Crippen LogP contribution in [0.4, 0.5) is 0 Å². The molecular formula is C22H18N2O5. The van der Waals surface area contributed by atoms with Gasteiger partial charge in [0.2, 0.25) is 6.10 Å². The van der Waals surface area contributed by atoms with Gasteiger partial charge in [-0.15, -0.1) is 0 Å². The van der Waals surface area contributed by atoms with Crippen LogP contribution in [0, 0.1) is 0 Å². The fourth-order valence-electron chi connectivity index (χ4n) is 2.99. The number of benzene rings is 3. The lowest BCUT2D eigenvalue weighted by Gasteiger charge is -2.32. The van der Waals surface area contributed by atoms with Crippen LogP contribution in [0.15, 0.2) is 77.9 Å². The number of phenols is 2. The Kier molecular flexibility index (Phi) is 5.03. The van der Waals surface area contributed by atoms with Gasteiger partial charge < -0.3 is 19.7 Å². The predicted octanol–water partition coefficient (Wildman–Crippen LogP) is 3.13. The average molecular weight is 390 g/mol. The summed E-state index contributed by atoms with van der Waals surface area (Å²) in [6.45, 7) is 0. The molecule has 1 aliphatic rings. The summed E-state index contributed by atoms with van der Waals surface area (Å²) in [6, 6.07) is 20.5. The van der Waals surface area contributed by atoms with E-state index in [0.29, 0.717) is 17.1 Å². The smallest absolute Gasteiger partial charge is 0.285 e. The molecule has 0 aliphatic carbocycles. The van der Waals surface area contributed by atoms with Crippen molar-refractivity contribution in [3.63, 3.8) is 0 Å². The van der Waals surface area contributed by atoms with Gasteiger partial charge in [-0.25, -0.2) is 5.43 Å². The lowest BCUT2D eigenvalue weighted by atomic mass is 10.0. The lowest BCUT2D eigenvalue weighted by molar-refractivity contribution is -0.134. The number of nitrogens with one attached hydrogen (secondary N) is 1. The molecule has 1 aliphatic heterocycles. The minimum atomic E-state index is -0.960. The second kappa shape index (κ2) is 7.93. The topological polar surface area (TPSA) is 100 Å². The van der Waals surface area contributed by atoms with Crippen LogP contribution >= 0.6 is 0 Å². The van der Waals surface area contributed by atoms with Crippen molar-refractivity contribution in [1.82, 2.24) is 5.43 Å². The van der Waals surface area contributed by atoms with E-state index in [-0.39, 0.29) is 11.5 Å². The largest absolute Gasteiger partial charge is 0.508 e. The number of ether oxygens (including phenoxy) is 2. The van der Waals surface area contributed by atoms with Crippen LogP contribution in [-0.2, 0) is 4.79 Å². The van der Waals surface area contributed by atoms with Gasteiger partial charge in [0.15, 0.2) is 17.6 Å². The van der Waals surface area contributed by atoms with E-state index < -0.39 is 18.1 Å². The maximum Gasteiger partial charge on any atom is 0.285 e. The van der Waals surface area contributed by atoms with E-state index in [2.05, 4.69) is 10.5 Å².